The van der Waals surface area contributed by atoms with Gasteiger partial charge in [0.1, 0.15) is 11.5 Å². The Morgan fingerprint density at radius 2 is 1.10 bits per heavy atom. The Hall–Kier alpha value is -3.92. The number of ether oxygens (including phenoxy) is 2. The van der Waals surface area contributed by atoms with Gasteiger partial charge in [-0.15, -0.1) is 0 Å². The molecule has 0 amide bonds. The van der Waals surface area contributed by atoms with E-state index in [2.05, 4.69) is 0 Å². The molecule has 0 fully saturated rings. The molecule has 0 saturated carbocycles. The van der Waals surface area contributed by atoms with Crippen molar-refractivity contribution < 1.29 is 19.1 Å². The normalized spacial score (nSPS) is 10.7. The van der Waals surface area contributed by atoms with Crippen molar-refractivity contribution in [1.82, 2.24) is 0 Å². The van der Waals surface area contributed by atoms with Crippen LogP contribution in [0.15, 0.2) is 78.9 Å². The number of carbonyl (C=O) groups excluding carboxylic acids is 2. The minimum atomic E-state index is -0.436. The van der Waals surface area contributed by atoms with E-state index < -0.39 is 11.9 Å². The van der Waals surface area contributed by atoms with Gasteiger partial charge in [0.25, 0.3) is 0 Å². The molecule has 4 nitrogen and oxygen atoms in total. The highest BCUT2D eigenvalue weighted by Crippen LogP contribution is 2.37. The van der Waals surface area contributed by atoms with Gasteiger partial charge in [-0.25, -0.2) is 9.59 Å². The van der Waals surface area contributed by atoms with Gasteiger partial charge in [0.15, 0.2) is 0 Å². The minimum Gasteiger partial charge on any atom is -0.422 e. The van der Waals surface area contributed by atoms with Crippen molar-refractivity contribution in [2.75, 3.05) is 0 Å². The molecular weight excluding hydrogens is 388 g/mol. The average Bonchev–Trinajstić information content (AvgIpc) is 2.77. The average molecular weight is 410 g/mol. The van der Waals surface area contributed by atoms with E-state index in [0.29, 0.717) is 39.0 Å². The van der Waals surface area contributed by atoms with Crippen LogP contribution in [0.3, 0.4) is 0 Å². The second-order valence-electron chi connectivity index (χ2n) is 7.58. The zero-order valence-corrected chi connectivity index (χ0v) is 17.6. The molecule has 0 aliphatic heterocycles. The van der Waals surface area contributed by atoms with Crippen molar-refractivity contribution in [2.45, 2.75) is 20.8 Å². The fourth-order valence-electron chi connectivity index (χ4n) is 3.36. The van der Waals surface area contributed by atoms with E-state index in [-0.39, 0.29) is 0 Å². The second-order valence-corrected chi connectivity index (χ2v) is 7.58. The van der Waals surface area contributed by atoms with Gasteiger partial charge in [0.05, 0.1) is 11.1 Å². The van der Waals surface area contributed by atoms with Crippen molar-refractivity contribution in [1.29, 1.82) is 0 Å². The number of fused-ring (bicyclic) bond motifs is 1. The van der Waals surface area contributed by atoms with Crippen molar-refractivity contribution in [3.05, 3.63) is 107 Å². The number of benzene rings is 4. The third-order valence-corrected chi connectivity index (χ3v) is 5.11. The summed E-state index contributed by atoms with van der Waals surface area (Å²) in [6.45, 7) is 5.75. The fraction of sp³-hybridized carbons (Fsp3) is 0.111. The summed E-state index contributed by atoms with van der Waals surface area (Å²) in [6, 6.07) is 23.6. The molecule has 0 heterocycles. The summed E-state index contributed by atoms with van der Waals surface area (Å²) in [7, 11) is 0. The van der Waals surface area contributed by atoms with Gasteiger partial charge in [0, 0.05) is 10.8 Å². The maximum absolute atomic E-state index is 12.7. The van der Waals surface area contributed by atoms with Crippen molar-refractivity contribution in [3.8, 4) is 11.5 Å². The highest BCUT2D eigenvalue weighted by atomic mass is 16.5. The molecule has 4 heteroatoms. The van der Waals surface area contributed by atoms with Crippen LogP contribution in [-0.2, 0) is 0 Å². The summed E-state index contributed by atoms with van der Waals surface area (Å²) in [4.78, 5) is 25.3. The number of hydrogen-bond donors (Lipinski definition) is 0. The van der Waals surface area contributed by atoms with Crippen LogP contribution in [0.1, 0.15) is 37.4 Å². The van der Waals surface area contributed by atoms with Crippen LogP contribution in [0, 0.1) is 20.8 Å². The Bertz CT molecular complexity index is 1270. The predicted octanol–water partition coefficient (Wildman–Crippen LogP) is 6.20. The largest absolute Gasteiger partial charge is 0.422 e. The molecule has 4 aromatic rings. The lowest BCUT2D eigenvalue weighted by molar-refractivity contribution is 0.0722. The molecule has 0 radical (unpaired) electrons. The lowest BCUT2D eigenvalue weighted by Crippen LogP contribution is -2.11. The number of rotatable bonds is 4. The van der Waals surface area contributed by atoms with E-state index >= 15 is 0 Å². The Morgan fingerprint density at radius 3 is 1.65 bits per heavy atom. The quantitative estimate of drug-likeness (QED) is 0.297. The van der Waals surface area contributed by atoms with Gasteiger partial charge in [-0.05, 0) is 56.7 Å². The van der Waals surface area contributed by atoms with E-state index in [1.165, 1.54) is 0 Å². The molecule has 31 heavy (non-hydrogen) atoms. The standard InChI is InChI=1S/C27H22O4/c1-17-8-12-20(13-9-17)26(28)30-24-16-19(3)25(23-7-5-4-6-22(23)24)31-27(29)21-14-10-18(2)11-15-21/h4-16H,1-3H3. The first-order valence-electron chi connectivity index (χ1n) is 10.0. The van der Waals surface area contributed by atoms with Gasteiger partial charge >= 0.3 is 11.9 Å². The molecule has 0 saturated heterocycles. The molecular formula is C27H22O4. The maximum Gasteiger partial charge on any atom is 0.343 e. The molecule has 154 valence electrons. The Morgan fingerprint density at radius 1 is 0.613 bits per heavy atom. The third-order valence-electron chi connectivity index (χ3n) is 5.11. The number of carbonyl (C=O) groups is 2. The summed E-state index contributed by atoms with van der Waals surface area (Å²) in [5, 5.41) is 1.40. The SMILES string of the molecule is Cc1ccc(C(=O)Oc2cc(C)c(OC(=O)c3ccc(C)cc3)c3ccccc23)cc1. The topological polar surface area (TPSA) is 52.6 Å². The first kappa shape index (κ1) is 20.4. The van der Waals surface area contributed by atoms with Gasteiger partial charge in [-0.1, -0.05) is 59.7 Å². The molecule has 0 aliphatic rings. The Labute approximate surface area is 181 Å². The minimum absolute atomic E-state index is 0.425. The zero-order valence-electron chi connectivity index (χ0n) is 17.6. The molecule has 0 atom stereocenters. The van der Waals surface area contributed by atoms with Crippen LogP contribution in [0.25, 0.3) is 10.8 Å². The van der Waals surface area contributed by atoms with Crippen molar-refractivity contribution in [2.24, 2.45) is 0 Å². The number of aryl methyl sites for hydroxylation is 3. The fourth-order valence-corrected chi connectivity index (χ4v) is 3.36. The molecule has 0 aliphatic carbocycles. The van der Waals surface area contributed by atoms with E-state index in [0.717, 1.165) is 11.1 Å². The van der Waals surface area contributed by atoms with E-state index in [1.807, 2.05) is 69.3 Å². The van der Waals surface area contributed by atoms with Gasteiger partial charge in [-0.2, -0.15) is 0 Å². The molecule has 0 spiro atoms. The molecule has 0 unspecified atom stereocenters. The first-order chi connectivity index (χ1) is 14.9. The highest BCUT2D eigenvalue weighted by molar-refractivity contribution is 6.00. The number of hydrogen-bond acceptors (Lipinski definition) is 4. The van der Waals surface area contributed by atoms with Crippen LogP contribution in [0.2, 0.25) is 0 Å². The lowest BCUT2D eigenvalue weighted by Gasteiger charge is -2.15. The molecule has 0 bridgehead atoms. The van der Waals surface area contributed by atoms with Crippen molar-refractivity contribution in [3.63, 3.8) is 0 Å². The van der Waals surface area contributed by atoms with Gasteiger partial charge in [-0.3, -0.25) is 0 Å². The molecule has 4 rings (SSSR count). The van der Waals surface area contributed by atoms with E-state index in [4.69, 9.17) is 9.47 Å². The predicted molar refractivity (Wildman–Crippen MR) is 121 cm³/mol. The third kappa shape index (κ3) is 4.33. The second kappa shape index (κ2) is 8.44. The van der Waals surface area contributed by atoms with Crippen LogP contribution in [0.4, 0.5) is 0 Å². The van der Waals surface area contributed by atoms with Crippen LogP contribution >= 0.6 is 0 Å². The molecule has 4 aromatic carbocycles. The summed E-state index contributed by atoms with van der Waals surface area (Å²) >= 11 is 0. The monoisotopic (exact) mass is 410 g/mol. The maximum atomic E-state index is 12.7. The summed E-state index contributed by atoms with van der Waals surface area (Å²) in [5.74, 6) is 0.0109. The zero-order chi connectivity index (χ0) is 22.0. The Kier molecular flexibility index (Phi) is 5.54. The Balaban J connectivity index is 1.68. The lowest BCUT2D eigenvalue weighted by atomic mass is 10.0. The van der Waals surface area contributed by atoms with Crippen LogP contribution < -0.4 is 9.47 Å². The van der Waals surface area contributed by atoms with Gasteiger partial charge in [0.2, 0.25) is 0 Å². The smallest absolute Gasteiger partial charge is 0.343 e. The van der Waals surface area contributed by atoms with Crippen LogP contribution in [-0.4, -0.2) is 11.9 Å². The summed E-state index contributed by atoms with van der Waals surface area (Å²) in [5.41, 5.74) is 3.78. The van der Waals surface area contributed by atoms with E-state index in [1.54, 1.807) is 30.3 Å². The first-order valence-corrected chi connectivity index (χ1v) is 10.0. The summed E-state index contributed by atoms with van der Waals surface area (Å²) < 4.78 is 11.5. The van der Waals surface area contributed by atoms with E-state index in [9.17, 15) is 9.59 Å². The molecule has 0 aromatic heterocycles. The molecule has 0 N–H and O–H groups in total. The highest BCUT2D eigenvalue weighted by Gasteiger charge is 2.18. The number of esters is 2. The summed E-state index contributed by atoms with van der Waals surface area (Å²) in [6.07, 6.45) is 0. The van der Waals surface area contributed by atoms with Crippen molar-refractivity contribution >= 4 is 22.7 Å². The van der Waals surface area contributed by atoms with Crippen LogP contribution in [0.5, 0.6) is 11.5 Å². The van der Waals surface area contributed by atoms with Gasteiger partial charge < -0.3 is 9.47 Å².